The number of morpholine rings is 1. The third-order valence-electron chi connectivity index (χ3n) is 10.3. The first-order valence-corrected chi connectivity index (χ1v) is 16.5. The Morgan fingerprint density at radius 2 is 1.79 bits per heavy atom. The summed E-state index contributed by atoms with van der Waals surface area (Å²) in [5.74, 6) is 2.10. The lowest BCUT2D eigenvalue weighted by molar-refractivity contribution is 0.000456. The maximum absolute atomic E-state index is 12.5. The Labute approximate surface area is 256 Å². The SMILES string of the molecule is C[C@H]1OC2=C(C=C(C3CN(C4CCN(C(=O)OC(C)(C)C)CC4)C3)NC2(C)C2CC2)NC2NC=CC(N3CCOCC3)=C21. The van der Waals surface area contributed by atoms with E-state index in [0.717, 1.165) is 76.8 Å². The molecule has 1 saturated carbocycles. The molecule has 0 aromatic carbocycles. The number of carbonyl (C=O) groups excluding carboxylic acids is 1. The van der Waals surface area contributed by atoms with Crippen LogP contribution >= 0.6 is 0 Å². The van der Waals surface area contributed by atoms with Gasteiger partial charge in [-0.2, -0.15) is 0 Å². The number of dihydropyridines is 2. The summed E-state index contributed by atoms with van der Waals surface area (Å²) in [4.78, 5) is 19.5. The van der Waals surface area contributed by atoms with Crippen molar-refractivity contribution >= 4 is 6.09 Å². The lowest BCUT2D eigenvalue weighted by Gasteiger charge is -2.50. The molecular weight excluding hydrogens is 544 g/mol. The highest BCUT2D eigenvalue weighted by molar-refractivity contribution is 5.68. The Hall–Kier alpha value is -2.85. The summed E-state index contributed by atoms with van der Waals surface area (Å²) in [5.41, 5.74) is 4.28. The Morgan fingerprint density at radius 1 is 1.07 bits per heavy atom. The van der Waals surface area contributed by atoms with E-state index in [1.807, 2.05) is 25.7 Å². The van der Waals surface area contributed by atoms with Gasteiger partial charge in [-0.1, -0.05) is 0 Å². The molecule has 6 heterocycles. The van der Waals surface area contributed by atoms with Gasteiger partial charge in [0, 0.05) is 74.4 Å². The summed E-state index contributed by atoms with van der Waals surface area (Å²) < 4.78 is 18.2. The molecule has 2 unspecified atom stereocenters. The van der Waals surface area contributed by atoms with E-state index in [1.165, 1.54) is 29.8 Å². The summed E-state index contributed by atoms with van der Waals surface area (Å²) in [7, 11) is 0. The van der Waals surface area contributed by atoms with E-state index < -0.39 is 5.60 Å². The molecule has 4 fully saturated rings. The molecule has 1 aliphatic carbocycles. The highest BCUT2D eigenvalue weighted by Gasteiger charge is 2.52. The zero-order valence-corrected chi connectivity index (χ0v) is 26.6. The first-order chi connectivity index (χ1) is 20.6. The lowest BCUT2D eigenvalue weighted by Crippen LogP contribution is -2.60. The number of amides is 1. The molecule has 43 heavy (non-hydrogen) atoms. The summed E-state index contributed by atoms with van der Waals surface area (Å²) in [6, 6.07) is 0.522. The van der Waals surface area contributed by atoms with E-state index in [9.17, 15) is 4.79 Å². The Bertz CT molecular complexity index is 1230. The Morgan fingerprint density at radius 3 is 2.47 bits per heavy atom. The van der Waals surface area contributed by atoms with Crippen molar-refractivity contribution < 1.29 is 19.0 Å². The van der Waals surface area contributed by atoms with Crippen molar-refractivity contribution in [1.29, 1.82) is 0 Å². The third-order valence-corrected chi connectivity index (χ3v) is 10.3. The minimum atomic E-state index is -0.453. The standard InChI is InChI=1S/C33H50N6O4/c1-21-28-27(37-14-16-41-17-15-37)8-11-34-30(28)35-26-18-25(36-33(5,23-6-7-23)29(26)42-21)22-19-39(20-22)24-9-12-38(13-10-24)31(40)43-32(2,3)4/h8,11,18,21-24,30,34-36H,6-7,9-10,12-17,19-20H2,1-5H3/t21-,30?,33?/m1/s1. The summed E-state index contributed by atoms with van der Waals surface area (Å²) in [6.07, 6.45) is 10.8. The normalized spacial score (nSPS) is 32.3. The van der Waals surface area contributed by atoms with Crippen molar-refractivity contribution in [2.24, 2.45) is 11.8 Å². The number of hydrogen-bond donors (Lipinski definition) is 3. The van der Waals surface area contributed by atoms with Crippen LogP contribution in [0.15, 0.2) is 46.8 Å². The van der Waals surface area contributed by atoms with Gasteiger partial charge in [0.05, 0.1) is 24.4 Å². The number of fused-ring (bicyclic) bond motifs is 1. The zero-order chi connectivity index (χ0) is 29.9. The number of piperidine rings is 1. The second-order valence-corrected chi connectivity index (χ2v) is 14.6. The molecule has 0 spiro atoms. The van der Waals surface area contributed by atoms with Gasteiger partial charge in [-0.15, -0.1) is 0 Å². The van der Waals surface area contributed by atoms with Crippen molar-refractivity contribution in [3.8, 4) is 0 Å². The van der Waals surface area contributed by atoms with Gasteiger partial charge >= 0.3 is 6.09 Å². The van der Waals surface area contributed by atoms with Crippen molar-refractivity contribution in [3.05, 3.63) is 46.8 Å². The first-order valence-electron chi connectivity index (χ1n) is 16.5. The van der Waals surface area contributed by atoms with Gasteiger partial charge in [-0.05, 0) is 78.4 Å². The van der Waals surface area contributed by atoms with Crippen LogP contribution in [0.2, 0.25) is 0 Å². The molecule has 3 atom stereocenters. The van der Waals surface area contributed by atoms with Crippen LogP contribution in [0.1, 0.15) is 60.3 Å². The van der Waals surface area contributed by atoms with Crippen LogP contribution in [0.25, 0.3) is 0 Å². The lowest BCUT2D eigenvalue weighted by atomic mass is 9.83. The van der Waals surface area contributed by atoms with Crippen molar-refractivity contribution in [2.75, 3.05) is 52.5 Å². The van der Waals surface area contributed by atoms with E-state index in [0.29, 0.717) is 17.9 Å². The fourth-order valence-corrected chi connectivity index (χ4v) is 7.71. The molecule has 1 amide bonds. The largest absolute Gasteiger partial charge is 0.486 e. The number of nitrogens with one attached hydrogen (secondary N) is 3. The summed E-state index contributed by atoms with van der Waals surface area (Å²) in [6.45, 7) is 17.3. The van der Waals surface area contributed by atoms with Crippen molar-refractivity contribution in [2.45, 2.75) is 89.8 Å². The van der Waals surface area contributed by atoms with E-state index in [-0.39, 0.29) is 23.9 Å². The van der Waals surface area contributed by atoms with E-state index in [4.69, 9.17) is 14.2 Å². The molecule has 0 radical (unpaired) electrons. The van der Waals surface area contributed by atoms with Crippen LogP contribution in [0.5, 0.6) is 0 Å². The van der Waals surface area contributed by atoms with Crippen molar-refractivity contribution in [3.63, 3.8) is 0 Å². The maximum Gasteiger partial charge on any atom is 0.410 e. The number of ether oxygens (including phenoxy) is 3. The molecule has 3 N–H and O–H groups in total. The average molecular weight is 595 g/mol. The van der Waals surface area contributed by atoms with Gasteiger partial charge in [0.25, 0.3) is 0 Å². The number of nitrogens with zero attached hydrogens (tertiary/aromatic N) is 3. The van der Waals surface area contributed by atoms with Gasteiger partial charge in [0.15, 0.2) is 0 Å². The van der Waals surface area contributed by atoms with Gasteiger partial charge in [0.2, 0.25) is 0 Å². The quantitative estimate of drug-likeness (QED) is 0.454. The highest BCUT2D eigenvalue weighted by atomic mass is 16.6. The molecule has 10 heteroatoms. The summed E-state index contributed by atoms with van der Waals surface area (Å²) in [5, 5.41) is 11.5. The van der Waals surface area contributed by atoms with Crippen LogP contribution in [0.3, 0.4) is 0 Å². The minimum absolute atomic E-state index is 0.0163. The second kappa shape index (κ2) is 10.9. The molecule has 7 rings (SSSR count). The molecular formula is C33H50N6O4. The first kappa shape index (κ1) is 28.9. The van der Waals surface area contributed by atoms with Gasteiger partial charge in [-0.25, -0.2) is 4.79 Å². The predicted octanol–water partition coefficient (Wildman–Crippen LogP) is 3.22. The smallest absolute Gasteiger partial charge is 0.410 e. The summed E-state index contributed by atoms with van der Waals surface area (Å²) >= 11 is 0. The Balaban J connectivity index is 1.05. The monoisotopic (exact) mass is 594 g/mol. The fourth-order valence-electron chi connectivity index (χ4n) is 7.71. The van der Waals surface area contributed by atoms with E-state index in [2.05, 4.69) is 57.9 Å². The number of rotatable bonds is 4. The average Bonchev–Trinajstić information content (AvgIpc) is 3.81. The molecule has 0 aromatic heterocycles. The van der Waals surface area contributed by atoms with Crippen LogP contribution < -0.4 is 16.0 Å². The predicted molar refractivity (Wildman–Crippen MR) is 164 cm³/mol. The highest BCUT2D eigenvalue weighted by Crippen LogP contribution is 2.49. The molecule has 236 valence electrons. The van der Waals surface area contributed by atoms with Gasteiger partial charge in [0.1, 0.15) is 23.6 Å². The zero-order valence-electron chi connectivity index (χ0n) is 26.6. The van der Waals surface area contributed by atoms with Crippen molar-refractivity contribution in [1.82, 2.24) is 30.7 Å². The third kappa shape index (κ3) is 5.61. The fraction of sp³-hybridized carbons (Fsp3) is 0.727. The van der Waals surface area contributed by atoms with Crippen LogP contribution in [-0.4, -0.2) is 103 Å². The topological polar surface area (TPSA) is 90.6 Å². The van der Waals surface area contributed by atoms with E-state index >= 15 is 0 Å². The van der Waals surface area contributed by atoms with Gasteiger partial charge < -0.3 is 40.0 Å². The molecule has 0 bridgehead atoms. The van der Waals surface area contributed by atoms with Crippen LogP contribution in [0.4, 0.5) is 4.79 Å². The number of allylic oxidation sites excluding steroid dienone is 2. The van der Waals surface area contributed by atoms with Crippen LogP contribution in [0, 0.1) is 11.8 Å². The number of hydrogen-bond acceptors (Lipinski definition) is 9. The van der Waals surface area contributed by atoms with Crippen LogP contribution in [-0.2, 0) is 14.2 Å². The maximum atomic E-state index is 12.5. The second-order valence-electron chi connectivity index (χ2n) is 14.6. The molecule has 3 saturated heterocycles. The minimum Gasteiger partial charge on any atom is -0.486 e. The number of likely N-dealkylation sites (tertiary alicyclic amines) is 2. The number of carbonyl (C=O) groups is 1. The molecule has 6 aliphatic heterocycles. The molecule has 7 aliphatic rings. The van der Waals surface area contributed by atoms with E-state index in [1.54, 1.807) is 0 Å². The molecule has 0 aromatic rings. The Kier molecular flexibility index (Phi) is 7.36. The molecule has 10 nitrogen and oxygen atoms in total. The van der Waals surface area contributed by atoms with Gasteiger partial charge in [-0.3, -0.25) is 4.90 Å².